The second-order valence-electron chi connectivity index (χ2n) is 5.54. The Bertz CT molecular complexity index is 680. The molecule has 0 spiro atoms. The van der Waals surface area contributed by atoms with Crippen LogP contribution in [0, 0.1) is 0 Å². The molecule has 0 aliphatic carbocycles. The van der Waals surface area contributed by atoms with Crippen molar-refractivity contribution in [3.8, 4) is 5.75 Å². The lowest BCUT2D eigenvalue weighted by Crippen LogP contribution is -2.48. The van der Waals surface area contributed by atoms with Crippen molar-refractivity contribution in [3.05, 3.63) is 54.1 Å². The highest BCUT2D eigenvalue weighted by Crippen LogP contribution is 2.27. The molecule has 0 atom stereocenters. The molecule has 5 nitrogen and oxygen atoms in total. The van der Waals surface area contributed by atoms with Gasteiger partial charge < -0.3 is 20.3 Å². The zero-order valence-corrected chi connectivity index (χ0v) is 13.2. The van der Waals surface area contributed by atoms with E-state index in [0.29, 0.717) is 30.1 Å². The Morgan fingerprint density at radius 1 is 1.00 bits per heavy atom. The molecule has 1 saturated heterocycles. The van der Waals surface area contributed by atoms with Crippen molar-refractivity contribution in [2.45, 2.75) is 0 Å². The number of nitrogens with two attached hydrogens (primary N) is 1. The molecule has 2 N–H and O–H groups in total. The summed E-state index contributed by atoms with van der Waals surface area (Å²) in [5, 5.41) is 0. The van der Waals surface area contributed by atoms with Gasteiger partial charge in [-0.15, -0.1) is 0 Å². The van der Waals surface area contributed by atoms with Gasteiger partial charge in [-0.2, -0.15) is 0 Å². The smallest absolute Gasteiger partial charge is 0.257 e. The first-order chi connectivity index (χ1) is 11.2. The molecule has 1 aliphatic rings. The molecule has 0 unspecified atom stereocenters. The quantitative estimate of drug-likeness (QED) is 0.883. The molecule has 2 aromatic rings. The fourth-order valence-corrected chi connectivity index (χ4v) is 2.93. The number of nitrogen functional groups attached to an aromatic ring is 1. The van der Waals surface area contributed by atoms with Gasteiger partial charge in [0.05, 0.1) is 18.4 Å². The van der Waals surface area contributed by atoms with Crippen molar-refractivity contribution < 1.29 is 9.53 Å². The highest BCUT2D eigenvalue weighted by Gasteiger charge is 2.25. The summed E-state index contributed by atoms with van der Waals surface area (Å²) in [4.78, 5) is 16.9. The van der Waals surface area contributed by atoms with Gasteiger partial charge in [0, 0.05) is 31.9 Å². The van der Waals surface area contributed by atoms with E-state index in [0.717, 1.165) is 13.1 Å². The molecule has 1 aliphatic heterocycles. The van der Waals surface area contributed by atoms with Crippen LogP contribution >= 0.6 is 0 Å². The molecule has 3 rings (SSSR count). The van der Waals surface area contributed by atoms with Gasteiger partial charge in [-0.25, -0.2) is 0 Å². The molecule has 0 bridgehead atoms. The van der Waals surface area contributed by atoms with Crippen LogP contribution in [0.1, 0.15) is 10.4 Å². The van der Waals surface area contributed by atoms with Gasteiger partial charge >= 0.3 is 0 Å². The van der Waals surface area contributed by atoms with Crippen molar-refractivity contribution in [1.82, 2.24) is 4.90 Å². The minimum Gasteiger partial charge on any atom is -0.494 e. The van der Waals surface area contributed by atoms with E-state index in [4.69, 9.17) is 10.5 Å². The van der Waals surface area contributed by atoms with Crippen LogP contribution in [0.25, 0.3) is 0 Å². The molecule has 2 aromatic carbocycles. The third kappa shape index (κ3) is 3.08. The first-order valence-electron chi connectivity index (χ1n) is 7.72. The fraction of sp³-hybridized carbons (Fsp3) is 0.278. The number of anilines is 2. The third-order valence-electron chi connectivity index (χ3n) is 4.17. The van der Waals surface area contributed by atoms with Crippen molar-refractivity contribution in [1.29, 1.82) is 0 Å². The average Bonchev–Trinajstić information content (AvgIpc) is 2.62. The van der Waals surface area contributed by atoms with E-state index in [1.54, 1.807) is 18.2 Å². The van der Waals surface area contributed by atoms with Crippen LogP contribution in [0.5, 0.6) is 5.75 Å². The van der Waals surface area contributed by atoms with E-state index < -0.39 is 0 Å². The highest BCUT2D eigenvalue weighted by atomic mass is 16.5. The lowest BCUT2D eigenvalue weighted by molar-refractivity contribution is 0.0743. The number of ether oxygens (including phenoxy) is 1. The number of carbonyl (C=O) groups excluding carboxylic acids is 1. The Morgan fingerprint density at radius 2 is 1.70 bits per heavy atom. The Balaban J connectivity index is 1.71. The van der Waals surface area contributed by atoms with Crippen LogP contribution in [0.2, 0.25) is 0 Å². The number of hydrogen-bond acceptors (Lipinski definition) is 4. The summed E-state index contributed by atoms with van der Waals surface area (Å²) < 4.78 is 5.30. The number of carbonyl (C=O) groups is 1. The van der Waals surface area contributed by atoms with E-state index in [-0.39, 0.29) is 5.91 Å². The van der Waals surface area contributed by atoms with Gasteiger partial charge in [0.2, 0.25) is 0 Å². The summed E-state index contributed by atoms with van der Waals surface area (Å²) in [7, 11) is 1.54. The Labute approximate surface area is 136 Å². The number of nitrogens with zero attached hydrogens (tertiary/aromatic N) is 2. The maximum atomic E-state index is 12.7. The summed E-state index contributed by atoms with van der Waals surface area (Å²) in [6.45, 7) is 3.01. The number of amides is 1. The van der Waals surface area contributed by atoms with Crippen molar-refractivity contribution >= 4 is 17.3 Å². The van der Waals surface area contributed by atoms with Crippen molar-refractivity contribution in [2.75, 3.05) is 43.9 Å². The van der Waals surface area contributed by atoms with Crippen LogP contribution in [-0.2, 0) is 0 Å². The van der Waals surface area contributed by atoms with Gasteiger partial charge in [-0.3, -0.25) is 4.79 Å². The fourth-order valence-electron chi connectivity index (χ4n) is 2.93. The van der Waals surface area contributed by atoms with Gasteiger partial charge in [-0.05, 0) is 24.3 Å². The van der Waals surface area contributed by atoms with Crippen molar-refractivity contribution in [3.63, 3.8) is 0 Å². The largest absolute Gasteiger partial charge is 0.494 e. The molecule has 5 heteroatoms. The Kier molecular flexibility index (Phi) is 4.37. The van der Waals surface area contributed by atoms with Crippen LogP contribution in [0.15, 0.2) is 48.5 Å². The van der Waals surface area contributed by atoms with E-state index in [2.05, 4.69) is 17.0 Å². The summed E-state index contributed by atoms with van der Waals surface area (Å²) in [6, 6.07) is 15.6. The van der Waals surface area contributed by atoms with Crippen LogP contribution in [0.3, 0.4) is 0 Å². The molecule has 1 fully saturated rings. The predicted octanol–water partition coefficient (Wildman–Crippen LogP) is 2.24. The van der Waals surface area contributed by atoms with Gasteiger partial charge in [0.15, 0.2) is 5.75 Å². The normalized spacial score (nSPS) is 14.7. The minimum absolute atomic E-state index is 0.0261. The summed E-state index contributed by atoms with van der Waals surface area (Å²) in [5.41, 5.74) is 8.10. The molecular formula is C18H21N3O2. The Morgan fingerprint density at radius 3 is 2.35 bits per heavy atom. The van der Waals surface area contributed by atoms with E-state index in [1.807, 2.05) is 23.1 Å². The summed E-state index contributed by atoms with van der Waals surface area (Å²) in [6.07, 6.45) is 0. The maximum absolute atomic E-state index is 12.7. The van der Waals surface area contributed by atoms with Gasteiger partial charge in [0.1, 0.15) is 0 Å². The zero-order chi connectivity index (χ0) is 16.2. The van der Waals surface area contributed by atoms with E-state index in [9.17, 15) is 4.79 Å². The van der Waals surface area contributed by atoms with E-state index in [1.165, 1.54) is 12.8 Å². The van der Waals surface area contributed by atoms with E-state index >= 15 is 0 Å². The average molecular weight is 311 g/mol. The molecule has 0 radical (unpaired) electrons. The lowest BCUT2D eigenvalue weighted by Gasteiger charge is -2.36. The number of benzene rings is 2. The minimum atomic E-state index is -0.0261. The van der Waals surface area contributed by atoms with Crippen LogP contribution < -0.4 is 15.4 Å². The Hall–Kier alpha value is -2.69. The topological polar surface area (TPSA) is 58.8 Å². The second kappa shape index (κ2) is 6.60. The molecule has 23 heavy (non-hydrogen) atoms. The molecular weight excluding hydrogens is 290 g/mol. The number of methoxy groups -OCH3 is 1. The molecule has 1 heterocycles. The number of piperazine rings is 1. The van der Waals surface area contributed by atoms with Gasteiger partial charge in [0.25, 0.3) is 5.91 Å². The number of para-hydroxylation sites is 2. The summed E-state index contributed by atoms with van der Waals surface area (Å²) in [5.74, 6) is 0.435. The SMILES string of the molecule is COc1c(N)cccc1C(=O)N1CCN(c2ccccc2)CC1. The molecule has 120 valence electrons. The lowest BCUT2D eigenvalue weighted by atomic mass is 10.1. The van der Waals surface area contributed by atoms with Crippen LogP contribution in [-0.4, -0.2) is 44.1 Å². The maximum Gasteiger partial charge on any atom is 0.257 e. The third-order valence-corrected chi connectivity index (χ3v) is 4.17. The number of hydrogen-bond donors (Lipinski definition) is 1. The predicted molar refractivity (Wildman–Crippen MR) is 92.0 cm³/mol. The van der Waals surface area contributed by atoms with Crippen LogP contribution in [0.4, 0.5) is 11.4 Å². The standard InChI is InChI=1S/C18H21N3O2/c1-23-17-15(8-5-9-16(17)19)18(22)21-12-10-20(11-13-21)14-6-3-2-4-7-14/h2-9H,10-13,19H2,1H3. The highest BCUT2D eigenvalue weighted by molar-refractivity contribution is 5.98. The molecule has 0 saturated carbocycles. The summed E-state index contributed by atoms with van der Waals surface area (Å²) >= 11 is 0. The molecule has 1 amide bonds. The monoisotopic (exact) mass is 311 g/mol. The second-order valence-corrected chi connectivity index (χ2v) is 5.54. The number of rotatable bonds is 3. The first-order valence-corrected chi connectivity index (χ1v) is 7.72. The zero-order valence-electron chi connectivity index (χ0n) is 13.2. The van der Waals surface area contributed by atoms with Gasteiger partial charge in [-0.1, -0.05) is 24.3 Å². The first kappa shape index (κ1) is 15.2. The van der Waals surface area contributed by atoms with Crippen molar-refractivity contribution in [2.24, 2.45) is 0 Å². The molecule has 0 aromatic heterocycles.